The first-order valence-electron chi connectivity index (χ1n) is 6.34. The van der Waals surface area contributed by atoms with Crippen molar-refractivity contribution in [3.8, 4) is 0 Å². The Morgan fingerprint density at radius 1 is 1.32 bits per heavy atom. The molecule has 1 aromatic carbocycles. The largest absolute Gasteiger partial charge is 0.336 e. The van der Waals surface area contributed by atoms with Crippen LogP contribution in [-0.2, 0) is 6.54 Å². The lowest BCUT2D eigenvalue weighted by molar-refractivity contribution is 0.0553. The molecule has 0 radical (unpaired) electrons. The second kappa shape index (κ2) is 5.76. The zero-order valence-electron chi connectivity index (χ0n) is 11.5. The Bertz CT molecular complexity index is 815. The van der Waals surface area contributed by atoms with Crippen LogP contribution in [0.15, 0.2) is 30.5 Å². The number of hydrogen-bond acceptors (Lipinski definition) is 5. The molecule has 0 spiro atoms. The number of halogens is 2. The summed E-state index contributed by atoms with van der Waals surface area (Å²) in [5, 5.41) is 3.57. The summed E-state index contributed by atoms with van der Waals surface area (Å²) in [5.74, 6) is -0.420. The Balaban J connectivity index is 1.74. The molecule has 3 aromatic rings. The summed E-state index contributed by atoms with van der Waals surface area (Å²) in [6.45, 7) is -2.43. The molecule has 0 saturated carbocycles. The topological polar surface area (TPSA) is 63.9 Å². The third kappa shape index (κ3) is 2.80. The molecule has 1 amide bonds. The highest BCUT2D eigenvalue weighted by Gasteiger charge is 2.17. The van der Waals surface area contributed by atoms with Gasteiger partial charge < -0.3 is 4.90 Å². The van der Waals surface area contributed by atoms with E-state index in [4.69, 9.17) is 0 Å². The van der Waals surface area contributed by atoms with Crippen LogP contribution >= 0.6 is 11.7 Å². The Hall–Kier alpha value is -2.42. The fourth-order valence-corrected chi connectivity index (χ4v) is 2.55. The van der Waals surface area contributed by atoms with Gasteiger partial charge in [-0.2, -0.15) is 22.6 Å². The maximum absolute atomic E-state index is 12.5. The van der Waals surface area contributed by atoms with E-state index in [1.807, 2.05) is 18.2 Å². The predicted octanol–water partition coefficient (Wildman–Crippen LogP) is 2.56. The van der Waals surface area contributed by atoms with Crippen LogP contribution in [0.3, 0.4) is 0 Å². The minimum Gasteiger partial charge on any atom is -0.336 e. The standard InChI is InChI=1S/C13H11F2N5OS/c1-19(12(21)10-4-5-20(16-10)13(14)15)7-8-2-3-9-11(6-8)18-22-17-9/h2-6,13H,7H2,1H3. The Morgan fingerprint density at radius 2 is 2.09 bits per heavy atom. The van der Waals surface area contributed by atoms with E-state index in [0.29, 0.717) is 11.2 Å². The van der Waals surface area contributed by atoms with E-state index in [1.165, 1.54) is 11.0 Å². The Morgan fingerprint density at radius 3 is 2.82 bits per heavy atom. The van der Waals surface area contributed by atoms with Crippen LogP contribution in [0.1, 0.15) is 22.6 Å². The maximum atomic E-state index is 12.5. The molecule has 2 heterocycles. The molecule has 0 saturated heterocycles. The molecule has 0 bridgehead atoms. The van der Waals surface area contributed by atoms with E-state index in [-0.39, 0.29) is 5.69 Å². The summed E-state index contributed by atoms with van der Waals surface area (Å²) in [7, 11) is 1.59. The van der Waals surface area contributed by atoms with Crippen molar-refractivity contribution >= 4 is 28.7 Å². The van der Waals surface area contributed by atoms with Gasteiger partial charge in [0.25, 0.3) is 5.91 Å². The third-order valence-corrected chi connectivity index (χ3v) is 3.67. The summed E-state index contributed by atoms with van der Waals surface area (Å²) >= 11 is 1.12. The molecule has 0 aliphatic heterocycles. The number of rotatable bonds is 4. The van der Waals surface area contributed by atoms with Crippen molar-refractivity contribution in [3.05, 3.63) is 41.7 Å². The third-order valence-electron chi connectivity index (χ3n) is 3.11. The van der Waals surface area contributed by atoms with Gasteiger partial charge in [-0.05, 0) is 23.8 Å². The molecule has 9 heteroatoms. The number of carbonyl (C=O) groups excluding carboxylic acids is 1. The lowest BCUT2D eigenvalue weighted by atomic mass is 10.2. The van der Waals surface area contributed by atoms with E-state index in [2.05, 4.69) is 13.8 Å². The van der Waals surface area contributed by atoms with Gasteiger partial charge in [-0.15, -0.1) is 0 Å². The summed E-state index contributed by atoms with van der Waals surface area (Å²) in [5.41, 5.74) is 2.44. The fourth-order valence-electron chi connectivity index (χ4n) is 2.03. The number of amides is 1. The van der Waals surface area contributed by atoms with Gasteiger partial charge in [-0.25, -0.2) is 4.68 Å². The van der Waals surface area contributed by atoms with E-state index in [0.717, 1.165) is 34.5 Å². The molecule has 22 heavy (non-hydrogen) atoms. The number of aromatic nitrogens is 4. The van der Waals surface area contributed by atoms with Gasteiger partial charge in [-0.3, -0.25) is 4.79 Å². The van der Waals surface area contributed by atoms with Crippen molar-refractivity contribution in [2.24, 2.45) is 0 Å². The Labute approximate surface area is 128 Å². The summed E-state index contributed by atoms with van der Waals surface area (Å²) in [6.07, 6.45) is 1.08. The van der Waals surface area contributed by atoms with Gasteiger partial charge in [0.05, 0.1) is 11.7 Å². The van der Waals surface area contributed by atoms with Gasteiger partial charge >= 0.3 is 6.55 Å². The van der Waals surface area contributed by atoms with Crippen molar-refractivity contribution in [2.45, 2.75) is 13.1 Å². The number of carbonyl (C=O) groups is 1. The van der Waals surface area contributed by atoms with Crippen LogP contribution in [-0.4, -0.2) is 36.4 Å². The van der Waals surface area contributed by atoms with E-state index in [1.54, 1.807) is 7.05 Å². The van der Waals surface area contributed by atoms with Gasteiger partial charge in [-0.1, -0.05) is 6.07 Å². The number of benzene rings is 1. The molecule has 114 valence electrons. The SMILES string of the molecule is CN(Cc1ccc2nsnc2c1)C(=O)c1ccn(C(F)F)n1. The molecule has 3 rings (SSSR count). The van der Waals surface area contributed by atoms with Crippen LogP contribution in [0.25, 0.3) is 11.0 Å². The van der Waals surface area contributed by atoms with Crippen molar-refractivity contribution < 1.29 is 13.6 Å². The van der Waals surface area contributed by atoms with Gasteiger partial charge in [0.1, 0.15) is 11.0 Å². The average molecular weight is 323 g/mol. The van der Waals surface area contributed by atoms with Crippen molar-refractivity contribution in [3.63, 3.8) is 0 Å². The first-order chi connectivity index (χ1) is 10.5. The zero-order chi connectivity index (χ0) is 15.7. The molecule has 0 N–H and O–H groups in total. The van der Waals surface area contributed by atoms with Crippen molar-refractivity contribution in [1.29, 1.82) is 0 Å². The first-order valence-corrected chi connectivity index (χ1v) is 7.07. The summed E-state index contributed by atoms with van der Waals surface area (Å²) < 4.78 is 33.6. The number of fused-ring (bicyclic) bond motifs is 1. The van der Waals surface area contributed by atoms with Crippen molar-refractivity contribution in [1.82, 2.24) is 23.4 Å². The van der Waals surface area contributed by atoms with Gasteiger partial charge in [0.2, 0.25) is 0 Å². The maximum Gasteiger partial charge on any atom is 0.333 e. The Kier molecular flexibility index (Phi) is 3.80. The van der Waals surface area contributed by atoms with Crippen LogP contribution in [0.5, 0.6) is 0 Å². The van der Waals surface area contributed by atoms with Gasteiger partial charge in [0, 0.05) is 19.8 Å². The van der Waals surface area contributed by atoms with Crippen LogP contribution < -0.4 is 0 Å². The first kappa shape index (κ1) is 14.5. The molecule has 0 fully saturated rings. The monoisotopic (exact) mass is 323 g/mol. The highest BCUT2D eigenvalue weighted by Crippen LogP contribution is 2.16. The minimum absolute atomic E-state index is 0.0146. The van der Waals surface area contributed by atoms with E-state index < -0.39 is 12.5 Å². The van der Waals surface area contributed by atoms with Gasteiger partial charge in [0.15, 0.2) is 5.69 Å². The normalized spacial score (nSPS) is 11.3. The molecule has 0 aliphatic carbocycles. The van der Waals surface area contributed by atoms with E-state index in [9.17, 15) is 13.6 Å². The quantitative estimate of drug-likeness (QED) is 0.740. The highest BCUT2D eigenvalue weighted by atomic mass is 32.1. The number of nitrogens with zero attached hydrogens (tertiary/aromatic N) is 5. The number of hydrogen-bond donors (Lipinski definition) is 0. The average Bonchev–Trinajstić information content (AvgIpc) is 3.15. The second-order valence-corrected chi connectivity index (χ2v) is 5.24. The molecular weight excluding hydrogens is 312 g/mol. The lowest BCUT2D eigenvalue weighted by Gasteiger charge is -2.15. The molecule has 6 nitrogen and oxygen atoms in total. The van der Waals surface area contributed by atoms with Crippen LogP contribution in [0, 0.1) is 0 Å². The van der Waals surface area contributed by atoms with Crippen molar-refractivity contribution in [2.75, 3.05) is 7.05 Å². The minimum atomic E-state index is -2.76. The smallest absolute Gasteiger partial charge is 0.333 e. The van der Waals surface area contributed by atoms with Crippen LogP contribution in [0.2, 0.25) is 0 Å². The second-order valence-electron chi connectivity index (χ2n) is 4.71. The molecule has 0 aliphatic rings. The predicted molar refractivity (Wildman–Crippen MR) is 76.7 cm³/mol. The summed E-state index contributed by atoms with van der Waals surface area (Å²) in [4.78, 5) is 13.6. The molecule has 2 aromatic heterocycles. The summed E-state index contributed by atoms with van der Waals surface area (Å²) in [6, 6.07) is 6.81. The fraction of sp³-hybridized carbons (Fsp3) is 0.231. The molecule has 0 atom stereocenters. The number of alkyl halides is 2. The highest BCUT2D eigenvalue weighted by molar-refractivity contribution is 7.00. The van der Waals surface area contributed by atoms with Crippen LogP contribution in [0.4, 0.5) is 8.78 Å². The molecular formula is C13H11F2N5OS. The molecule has 0 unspecified atom stereocenters. The van der Waals surface area contributed by atoms with E-state index >= 15 is 0 Å². The zero-order valence-corrected chi connectivity index (χ0v) is 12.3. The lowest BCUT2D eigenvalue weighted by Crippen LogP contribution is -2.26.